The Morgan fingerprint density at radius 2 is 1.95 bits per heavy atom. The number of ether oxygens (including phenoxy) is 2. The summed E-state index contributed by atoms with van der Waals surface area (Å²) in [6.45, 7) is 4.43. The second kappa shape index (κ2) is 7.50. The van der Waals surface area contributed by atoms with Gasteiger partial charge in [-0.3, -0.25) is 4.98 Å². The second-order valence-electron chi connectivity index (χ2n) is 4.48. The Labute approximate surface area is 119 Å². The van der Waals surface area contributed by atoms with Gasteiger partial charge in [-0.1, -0.05) is 6.07 Å². The van der Waals surface area contributed by atoms with Crippen molar-refractivity contribution in [2.75, 3.05) is 13.7 Å². The molecular formula is C16H21N2O2+. The first-order valence-electron chi connectivity index (χ1n) is 6.83. The van der Waals surface area contributed by atoms with Crippen molar-refractivity contribution in [3.8, 4) is 11.5 Å². The highest BCUT2D eigenvalue weighted by molar-refractivity contribution is 5.42. The summed E-state index contributed by atoms with van der Waals surface area (Å²) in [7, 11) is 1.66. The van der Waals surface area contributed by atoms with Gasteiger partial charge in [-0.05, 0) is 31.2 Å². The van der Waals surface area contributed by atoms with Crippen molar-refractivity contribution in [1.82, 2.24) is 4.98 Å². The van der Waals surface area contributed by atoms with Gasteiger partial charge in [0.1, 0.15) is 13.1 Å². The zero-order valence-corrected chi connectivity index (χ0v) is 12.0. The molecule has 0 aliphatic rings. The van der Waals surface area contributed by atoms with E-state index in [0.29, 0.717) is 6.61 Å². The van der Waals surface area contributed by atoms with Gasteiger partial charge in [-0.15, -0.1) is 0 Å². The standard InChI is InChI=1S/C16H20N2O2/c1-3-20-16-9-13(6-7-15(16)19-2)10-18-12-14-5-4-8-17-11-14/h4-9,11,18H,3,10,12H2,1-2H3/p+1. The Kier molecular flexibility index (Phi) is 5.38. The van der Waals surface area contributed by atoms with Crippen molar-refractivity contribution in [1.29, 1.82) is 0 Å². The lowest BCUT2D eigenvalue weighted by atomic mass is 10.2. The minimum atomic E-state index is 0.638. The van der Waals surface area contributed by atoms with Crippen LogP contribution in [0.4, 0.5) is 0 Å². The minimum Gasteiger partial charge on any atom is -0.493 e. The summed E-state index contributed by atoms with van der Waals surface area (Å²) < 4.78 is 10.9. The number of nitrogens with two attached hydrogens (primary N) is 1. The highest BCUT2D eigenvalue weighted by Gasteiger charge is 2.06. The molecule has 0 saturated carbocycles. The van der Waals surface area contributed by atoms with Gasteiger partial charge in [0, 0.05) is 23.5 Å². The molecule has 0 aliphatic heterocycles. The summed E-state index contributed by atoms with van der Waals surface area (Å²) in [5.41, 5.74) is 2.45. The lowest BCUT2D eigenvalue weighted by Crippen LogP contribution is -2.80. The summed E-state index contributed by atoms with van der Waals surface area (Å²) >= 11 is 0. The maximum atomic E-state index is 5.58. The average Bonchev–Trinajstić information content (AvgIpc) is 2.49. The number of benzene rings is 1. The molecule has 20 heavy (non-hydrogen) atoms. The molecule has 2 N–H and O–H groups in total. The van der Waals surface area contributed by atoms with Crippen molar-refractivity contribution >= 4 is 0 Å². The van der Waals surface area contributed by atoms with Crippen LogP contribution in [0.25, 0.3) is 0 Å². The highest BCUT2D eigenvalue weighted by Crippen LogP contribution is 2.27. The zero-order valence-electron chi connectivity index (χ0n) is 12.0. The van der Waals surface area contributed by atoms with Crippen LogP contribution in [0, 0.1) is 0 Å². The number of pyridine rings is 1. The van der Waals surface area contributed by atoms with Gasteiger partial charge in [0.25, 0.3) is 0 Å². The number of methoxy groups -OCH3 is 1. The Bertz CT molecular complexity index is 529. The molecule has 0 fully saturated rings. The molecule has 0 bridgehead atoms. The fourth-order valence-electron chi connectivity index (χ4n) is 2.04. The van der Waals surface area contributed by atoms with E-state index in [2.05, 4.69) is 22.4 Å². The van der Waals surface area contributed by atoms with E-state index >= 15 is 0 Å². The molecule has 1 aromatic heterocycles. The molecule has 1 aromatic carbocycles. The monoisotopic (exact) mass is 273 g/mol. The molecule has 0 amide bonds. The molecule has 1 heterocycles. The fourth-order valence-corrected chi connectivity index (χ4v) is 2.04. The van der Waals surface area contributed by atoms with Crippen LogP contribution in [0.5, 0.6) is 11.5 Å². The quantitative estimate of drug-likeness (QED) is 0.836. The second-order valence-corrected chi connectivity index (χ2v) is 4.48. The first-order chi connectivity index (χ1) is 9.83. The number of hydrogen-bond acceptors (Lipinski definition) is 3. The fraction of sp³-hybridized carbons (Fsp3) is 0.312. The summed E-state index contributed by atoms with van der Waals surface area (Å²) in [6, 6.07) is 10.1. The van der Waals surface area contributed by atoms with Gasteiger partial charge in [-0.25, -0.2) is 0 Å². The Balaban J connectivity index is 1.94. The van der Waals surface area contributed by atoms with Crippen molar-refractivity contribution in [3.63, 3.8) is 0 Å². The van der Waals surface area contributed by atoms with Crippen LogP contribution < -0.4 is 14.8 Å². The van der Waals surface area contributed by atoms with E-state index in [9.17, 15) is 0 Å². The van der Waals surface area contributed by atoms with Gasteiger partial charge in [0.15, 0.2) is 11.5 Å². The molecule has 2 aromatic rings. The normalized spacial score (nSPS) is 10.3. The first-order valence-corrected chi connectivity index (χ1v) is 6.83. The van der Waals surface area contributed by atoms with Crippen LogP contribution in [-0.2, 0) is 13.1 Å². The van der Waals surface area contributed by atoms with E-state index in [1.54, 1.807) is 13.3 Å². The number of quaternary nitrogens is 1. The third kappa shape index (κ3) is 3.96. The van der Waals surface area contributed by atoms with Crippen molar-refractivity contribution < 1.29 is 14.8 Å². The summed E-state index contributed by atoms with van der Waals surface area (Å²) in [6.07, 6.45) is 3.69. The van der Waals surface area contributed by atoms with Gasteiger partial charge in [0.05, 0.1) is 13.7 Å². The van der Waals surface area contributed by atoms with E-state index in [-0.39, 0.29) is 0 Å². The lowest BCUT2D eigenvalue weighted by molar-refractivity contribution is -0.686. The van der Waals surface area contributed by atoms with Gasteiger partial charge >= 0.3 is 0 Å². The molecule has 4 nitrogen and oxygen atoms in total. The Morgan fingerprint density at radius 1 is 1.10 bits per heavy atom. The highest BCUT2D eigenvalue weighted by atomic mass is 16.5. The summed E-state index contributed by atoms with van der Waals surface area (Å²) in [5.74, 6) is 1.59. The molecule has 0 radical (unpaired) electrons. The average molecular weight is 273 g/mol. The summed E-state index contributed by atoms with van der Waals surface area (Å²) in [5, 5.41) is 2.24. The van der Waals surface area contributed by atoms with Gasteiger partial charge in [-0.2, -0.15) is 0 Å². The van der Waals surface area contributed by atoms with Crippen molar-refractivity contribution in [2.45, 2.75) is 20.0 Å². The molecule has 0 unspecified atom stereocenters. The smallest absolute Gasteiger partial charge is 0.161 e. The minimum absolute atomic E-state index is 0.638. The van der Waals surface area contributed by atoms with E-state index in [1.807, 2.05) is 31.3 Å². The molecule has 0 atom stereocenters. The number of aromatic nitrogens is 1. The SMILES string of the molecule is CCOc1cc(C[NH2+]Cc2cccnc2)ccc1OC. The van der Waals surface area contributed by atoms with Crippen LogP contribution in [0.2, 0.25) is 0 Å². The van der Waals surface area contributed by atoms with Crippen LogP contribution in [0.15, 0.2) is 42.7 Å². The van der Waals surface area contributed by atoms with Crippen LogP contribution >= 0.6 is 0 Å². The topological polar surface area (TPSA) is 48.0 Å². The van der Waals surface area contributed by atoms with Crippen molar-refractivity contribution in [3.05, 3.63) is 53.9 Å². The van der Waals surface area contributed by atoms with Gasteiger partial charge in [0.2, 0.25) is 0 Å². The molecule has 106 valence electrons. The maximum Gasteiger partial charge on any atom is 0.161 e. The predicted molar refractivity (Wildman–Crippen MR) is 77.7 cm³/mol. The largest absolute Gasteiger partial charge is 0.493 e. The molecule has 4 heteroatoms. The van der Waals surface area contributed by atoms with E-state index in [4.69, 9.17) is 9.47 Å². The summed E-state index contributed by atoms with van der Waals surface area (Å²) in [4.78, 5) is 4.11. The van der Waals surface area contributed by atoms with E-state index in [0.717, 1.165) is 24.6 Å². The van der Waals surface area contributed by atoms with E-state index in [1.165, 1.54) is 11.1 Å². The molecule has 0 spiro atoms. The maximum absolute atomic E-state index is 5.58. The molecule has 2 rings (SSSR count). The van der Waals surface area contributed by atoms with Crippen LogP contribution in [0.3, 0.4) is 0 Å². The Hall–Kier alpha value is -2.07. The van der Waals surface area contributed by atoms with Crippen LogP contribution in [-0.4, -0.2) is 18.7 Å². The van der Waals surface area contributed by atoms with E-state index < -0.39 is 0 Å². The molecule has 0 saturated heterocycles. The molecular weight excluding hydrogens is 252 g/mol. The Morgan fingerprint density at radius 3 is 2.65 bits per heavy atom. The number of rotatable bonds is 7. The molecule has 0 aliphatic carbocycles. The third-order valence-electron chi connectivity index (χ3n) is 3.01. The van der Waals surface area contributed by atoms with Gasteiger partial charge < -0.3 is 14.8 Å². The van der Waals surface area contributed by atoms with Crippen LogP contribution in [0.1, 0.15) is 18.1 Å². The van der Waals surface area contributed by atoms with Crippen molar-refractivity contribution in [2.24, 2.45) is 0 Å². The number of hydrogen-bond donors (Lipinski definition) is 1. The first kappa shape index (κ1) is 14.3. The number of nitrogens with zero attached hydrogens (tertiary/aromatic N) is 1. The predicted octanol–water partition coefficient (Wildman–Crippen LogP) is 1.75. The third-order valence-corrected chi connectivity index (χ3v) is 3.01. The lowest BCUT2D eigenvalue weighted by Gasteiger charge is -2.10. The zero-order chi connectivity index (χ0) is 14.2.